The van der Waals surface area contributed by atoms with Crippen LogP contribution in [0, 0.1) is 6.92 Å². The lowest BCUT2D eigenvalue weighted by atomic mass is 9.79. The van der Waals surface area contributed by atoms with Crippen LogP contribution in [0.3, 0.4) is 0 Å². The number of aromatic nitrogens is 2. The van der Waals surface area contributed by atoms with E-state index in [9.17, 15) is 14.7 Å². The molecule has 3 atom stereocenters. The number of hydrogen-bond donors (Lipinski definition) is 2. The number of rotatable bonds is 9. The number of para-hydroxylation sites is 1. The molecule has 5 rings (SSSR count). The highest BCUT2D eigenvalue weighted by Gasteiger charge is 2.47. The molecule has 0 amide bonds. The molecule has 0 saturated carbocycles. The number of nitrogens with zero attached hydrogens (tertiary/aromatic N) is 1. The second kappa shape index (κ2) is 11.5. The minimum Gasteiger partial charge on any atom is -0.493 e. The lowest BCUT2D eigenvalue weighted by Crippen LogP contribution is -2.41. The Hall–Kier alpha value is -4.18. The van der Waals surface area contributed by atoms with Crippen LogP contribution in [-0.2, 0) is 15.1 Å². The minimum atomic E-state index is -1.22. The summed E-state index contributed by atoms with van der Waals surface area (Å²) >= 11 is 0. The minimum absolute atomic E-state index is 0.240. The fourth-order valence-corrected chi connectivity index (χ4v) is 5.37. The molecule has 208 valence electrons. The zero-order valence-electron chi connectivity index (χ0n) is 22.6. The SMILES string of the molecule is COc1cccc(C(O[C@H]2C[C@H](n3cc(C)c(=O)[nH]c3=O)O[C@@H]2CO)(c2ccccc2)c2ccccc2)c1OC. The molecule has 2 N–H and O–H groups in total. The largest absolute Gasteiger partial charge is 0.493 e. The van der Waals surface area contributed by atoms with E-state index in [0.717, 1.165) is 11.1 Å². The number of nitrogens with one attached hydrogen (secondary N) is 1. The Kier molecular flexibility index (Phi) is 7.88. The highest BCUT2D eigenvalue weighted by molar-refractivity contribution is 5.57. The first-order chi connectivity index (χ1) is 19.4. The highest BCUT2D eigenvalue weighted by Crippen LogP contribution is 2.49. The number of aryl methyl sites for hydroxylation is 1. The Morgan fingerprint density at radius 1 is 0.950 bits per heavy atom. The molecular weight excluding hydrogens is 512 g/mol. The standard InChI is InChI=1S/C31H32N2O7/c1-20-18-33(30(36)32-29(20)35)27-17-25(26(19-34)39-27)40-31(21-11-6-4-7-12-21,22-13-8-5-9-14-22)23-15-10-16-24(37-2)28(23)38-3/h4-16,18,25-27,34H,17,19H2,1-3H3,(H,32,35,36)/t25-,26+,27+/m0/s1. The van der Waals surface area contributed by atoms with Crippen molar-refractivity contribution in [3.63, 3.8) is 0 Å². The molecule has 0 aliphatic carbocycles. The molecule has 4 aromatic rings. The Morgan fingerprint density at radius 3 is 2.17 bits per heavy atom. The smallest absolute Gasteiger partial charge is 0.330 e. The molecule has 0 bridgehead atoms. The molecule has 1 fully saturated rings. The third-order valence-corrected chi connectivity index (χ3v) is 7.29. The van der Waals surface area contributed by atoms with Gasteiger partial charge in [-0.25, -0.2) is 4.79 Å². The Labute approximate surface area is 231 Å². The summed E-state index contributed by atoms with van der Waals surface area (Å²) in [6.07, 6.45) is -0.473. The summed E-state index contributed by atoms with van der Waals surface area (Å²) in [6.45, 7) is 1.28. The predicted octanol–water partition coefficient (Wildman–Crippen LogP) is 3.52. The van der Waals surface area contributed by atoms with Gasteiger partial charge in [0.2, 0.25) is 0 Å². The molecule has 0 unspecified atom stereocenters. The molecule has 1 aliphatic heterocycles. The van der Waals surface area contributed by atoms with Crippen molar-refractivity contribution in [1.82, 2.24) is 9.55 Å². The third kappa shape index (κ3) is 4.83. The van der Waals surface area contributed by atoms with Crippen molar-refractivity contribution >= 4 is 0 Å². The number of hydrogen-bond acceptors (Lipinski definition) is 7. The Balaban J connectivity index is 1.70. The van der Waals surface area contributed by atoms with E-state index in [4.69, 9.17) is 18.9 Å². The molecule has 0 spiro atoms. The molecule has 0 radical (unpaired) electrons. The monoisotopic (exact) mass is 544 g/mol. The fraction of sp³-hybridized carbons (Fsp3) is 0.290. The van der Waals surface area contributed by atoms with Crippen molar-refractivity contribution in [2.45, 2.75) is 37.4 Å². The van der Waals surface area contributed by atoms with Crippen LogP contribution in [-0.4, -0.2) is 47.7 Å². The average Bonchev–Trinajstić information content (AvgIpc) is 3.40. The summed E-state index contributed by atoms with van der Waals surface area (Å²) < 4.78 is 26.2. The summed E-state index contributed by atoms with van der Waals surface area (Å²) in [5.41, 5.74) is 0.453. The first-order valence-corrected chi connectivity index (χ1v) is 13.0. The van der Waals surface area contributed by atoms with Gasteiger partial charge in [0.1, 0.15) is 17.9 Å². The van der Waals surface area contributed by atoms with Crippen LogP contribution in [0.2, 0.25) is 0 Å². The molecule has 3 aromatic carbocycles. The number of aromatic amines is 1. The van der Waals surface area contributed by atoms with Gasteiger partial charge in [-0.15, -0.1) is 0 Å². The molecule has 1 aromatic heterocycles. The van der Waals surface area contributed by atoms with Crippen LogP contribution in [0.15, 0.2) is 94.6 Å². The van der Waals surface area contributed by atoms with Crippen LogP contribution in [0.25, 0.3) is 0 Å². The number of benzene rings is 3. The summed E-state index contributed by atoms with van der Waals surface area (Å²) in [4.78, 5) is 27.0. The van der Waals surface area contributed by atoms with Gasteiger partial charge in [0.15, 0.2) is 11.5 Å². The summed E-state index contributed by atoms with van der Waals surface area (Å²) in [7, 11) is 3.16. The molecule has 1 aliphatic rings. The van der Waals surface area contributed by atoms with Crippen LogP contribution >= 0.6 is 0 Å². The van der Waals surface area contributed by atoms with E-state index in [1.165, 1.54) is 10.8 Å². The topological polar surface area (TPSA) is 112 Å². The normalized spacial score (nSPS) is 18.9. The fourth-order valence-electron chi connectivity index (χ4n) is 5.37. The summed E-state index contributed by atoms with van der Waals surface area (Å²) in [5.74, 6) is 1.04. The highest BCUT2D eigenvalue weighted by atomic mass is 16.6. The Morgan fingerprint density at radius 2 is 1.60 bits per heavy atom. The van der Waals surface area contributed by atoms with Crippen LogP contribution < -0.4 is 20.7 Å². The van der Waals surface area contributed by atoms with Gasteiger partial charge in [0.25, 0.3) is 5.56 Å². The second-order valence-electron chi connectivity index (χ2n) is 9.64. The number of methoxy groups -OCH3 is 2. The van der Waals surface area contributed by atoms with Gasteiger partial charge < -0.3 is 24.1 Å². The van der Waals surface area contributed by atoms with Crippen molar-refractivity contribution in [3.05, 3.63) is 128 Å². The van der Waals surface area contributed by atoms with Crippen molar-refractivity contribution in [1.29, 1.82) is 0 Å². The molecule has 9 nitrogen and oxygen atoms in total. The average molecular weight is 545 g/mol. The maximum absolute atomic E-state index is 12.7. The zero-order chi connectivity index (χ0) is 28.3. The number of ether oxygens (including phenoxy) is 4. The van der Waals surface area contributed by atoms with E-state index in [0.29, 0.717) is 22.6 Å². The maximum Gasteiger partial charge on any atom is 0.330 e. The second-order valence-corrected chi connectivity index (χ2v) is 9.64. The first-order valence-electron chi connectivity index (χ1n) is 13.0. The van der Waals surface area contributed by atoms with Gasteiger partial charge in [0, 0.05) is 23.7 Å². The predicted molar refractivity (Wildman–Crippen MR) is 149 cm³/mol. The van der Waals surface area contributed by atoms with Gasteiger partial charge in [-0.1, -0.05) is 72.8 Å². The number of aliphatic hydroxyl groups is 1. The molecule has 1 saturated heterocycles. The molecular formula is C31H32N2O7. The van der Waals surface area contributed by atoms with Gasteiger partial charge in [-0.2, -0.15) is 0 Å². The maximum atomic E-state index is 12.7. The van der Waals surface area contributed by atoms with E-state index < -0.39 is 35.3 Å². The number of aliphatic hydroxyl groups excluding tert-OH is 1. The van der Waals surface area contributed by atoms with Gasteiger partial charge in [-0.05, 0) is 24.1 Å². The first kappa shape index (κ1) is 27.4. The lowest BCUT2D eigenvalue weighted by molar-refractivity contribution is -0.0999. The molecule has 40 heavy (non-hydrogen) atoms. The van der Waals surface area contributed by atoms with E-state index in [2.05, 4.69) is 4.98 Å². The van der Waals surface area contributed by atoms with Gasteiger partial charge in [-0.3, -0.25) is 14.3 Å². The van der Waals surface area contributed by atoms with Crippen molar-refractivity contribution in [2.75, 3.05) is 20.8 Å². The Bertz CT molecular complexity index is 1530. The lowest BCUT2D eigenvalue weighted by Gasteiger charge is -2.39. The van der Waals surface area contributed by atoms with Crippen molar-refractivity contribution in [3.8, 4) is 11.5 Å². The van der Waals surface area contributed by atoms with Gasteiger partial charge in [0.05, 0.1) is 26.9 Å². The van der Waals surface area contributed by atoms with Crippen LogP contribution in [0.1, 0.15) is 34.9 Å². The van der Waals surface area contributed by atoms with Crippen LogP contribution in [0.5, 0.6) is 11.5 Å². The molecule has 2 heterocycles. The molecule has 9 heteroatoms. The summed E-state index contributed by atoms with van der Waals surface area (Å²) in [5, 5.41) is 10.4. The van der Waals surface area contributed by atoms with E-state index in [1.54, 1.807) is 21.1 Å². The quantitative estimate of drug-likeness (QED) is 0.310. The van der Waals surface area contributed by atoms with E-state index in [-0.39, 0.29) is 13.0 Å². The summed E-state index contributed by atoms with van der Waals surface area (Å²) in [6, 6.07) is 25.1. The van der Waals surface area contributed by atoms with Crippen molar-refractivity contribution < 1.29 is 24.1 Å². The zero-order valence-corrected chi connectivity index (χ0v) is 22.6. The van der Waals surface area contributed by atoms with Gasteiger partial charge >= 0.3 is 5.69 Å². The van der Waals surface area contributed by atoms with Crippen molar-refractivity contribution in [2.24, 2.45) is 0 Å². The number of H-pyrrole nitrogens is 1. The van der Waals surface area contributed by atoms with E-state index in [1.807, 2.05) is 78.9 Å². The van der Waals surface area contributed by atoms with Crippen LogP contribution in [0.4, 0.5) is 0 Å². The third-order valence-electron chi connectivity index (χ3n) is 7.29. The van der Waals surface area contributed by atoms with E-state index >= 15 is 0 Å².